The minimum absolute atomic E-state index is 0.209. The van der Waals surface area contributed by atoms with Gasteiger partial charge in [0.1, 0.15) is 11.7 Å². The number of imide groups is 1. The van der Waals surface area contributed by atoms with Crippen molar-refractivity contribution in [1.82, 2.24) is 25.2 Å². The second kappa shape index (κ2) is 7.66. The van der Waals surface area contributed by atoms with E-state index in [1.807, 2.05) is 42.8 Å². The highest BCUT2D eigenvalue weighted by Gasteiger charge is 2.39. The molecule has 1 aromatic heterocycles. The van der Waals surface area contributed by atoms with Gasteiger partial charge in [0.05, 0.1) is 11.9 Å². The molecule has 1 atom stereocenters. The molecule has 1 unspecified atom stereocenters. The average Bonchev–Trinajstić information content (AvgIpc) is 3.39. The molecule has 2 aliphatic rings. The molecule has 5 rings (SSSR count). The maximum atomic E-state index is 13.0. The van der Waals surface area contributed by atoms with Gasteiger partial charge in [0.15, 0.2) is 0 Å². The van der Waals surface area contributed by atoms with Gasteiger partial charge in [-0.25, -0.2) is 4.68 Å². The van der Waals surface area contributed by atoms with Crippen LogP contribution in [0, 0.1) is 0 Å². The van der Waals surface area contributed by atoms with Crippen molar-refractivity contribution in [2.24, 2.45) is 0 Å². The Labute approximate surface area is 182 Å². The number of amides is 3. The maximum absolute atomic E-state index is 13.0. The maximum Gasteiger partial charge on any atom is 0.255 e. The standard InChI is InChI=1S/C22H19N5O3S/c1-31-16-4-2-3-13(9-16)18-12-27(25-24-18)15-6-5-14-11-26(22(30)17(14)10-15)19-7-8-20(28)23-21(19)29/h2-6,9-10,12,19H,7-8,11H2,1H3,(H,23,28,29). The first-order chi connectivity index (χ1) is 15.0. The molecule has 3 heterocycles. The SMILES string of the molecule is CSc1cccc(-c2cn(-c3ccc4c(c3)C(=O)N(C3CCC(=O)NC3=O)C4)nn2)c1. The Bertz CT molecular complexity index is 1220. The molecule has 9 heteroatoms. The molecule has 31 heavy (non-hydrogen) atoms. The summed E-state index contributed by atoms with van der Waals surface area (Å²) in [5.41, 5.74) is 3.83. The van der Waals surface area contributed by atoms with Crippen molar-refractivity contribution in [2.75, 3.05) is 6.26 Å². The zero-order chi connectivity index (χ0) is 21.5. The van der Waals surface area contributed by atoms with E-state index in [-0.39, 0.29) is 18.2 Å². The highest BCUT2D eigenvalue weighted by Crippen LogP contribution is 2.29. The minimum atomic E-state index is -0.622. The molecule has 1 N–H and O–H groups in total. The van der Waals surface area contributed by atoms with Gasteiger partial charge in [-0.2, -0.15) is 0 Å². The van der Waals surface area contributed by atoms with Gasteiger partial charge >= 0.3 is 0 Å². The average molecular weight is 433 g/mol. The fourth-order valence-corrected chi connectivity index (χ4v) is 4.45. The van der Waals surface area contributed by atoms with Crippen molar-refractivity contribution in [3.63, 3.8) is 0 Å². The first kappa shape index (κ1) is 19.5. The summed E-state index contributed by atoms with van der Waals surface area (Å²) in [6.07, 6.45) is 4.44. The van der Waals surface area contributed by atoms with Crippen LogP contribution in [0.4, 0.5) is 0 Å². The first-order valence-corrected chi connectivity index (χ1v) is 11.1. The molecular weight excluding hydrogens is 414 g/mol. The van der Waals surface area contributed by atoms with Gasteiger partial charge in [-0.3, -0.25) is 19.7 Å². The van der Waals surface area contributed by atoms with E-state index in [1.165, 1.54) is 4.90 Å². The molecule has 1 fully saturated rings. The Kier molecular flexibility index (Phi) is 4.82. The molecule has 0 bridgehead atoms. The predicted molar refractivity (Wildman–Crippen MR) is 115 cm³/mol. The smallest absolute Gasteiger partial charge is 0.255 e. The van der Waals surface area contributed by atoms with E-state index in [0.717, 1.165) is 27.4 Å². The van der Waals surface area contributed by atoms with Crippen LogP contribution in [-0.4, -0.2) is 49.9 Å². The monoisotopic (exact) mass is 433 g/mol. The third kappa shape index (κ3) is 3.50. The molecule has 2 aromatic carbocycles. The molecule has 0 spiro atoms. The fraction of sp³-hybridized carbons (Fsp3) is 0.227. The number of hydrogen-bond donors (Lipinski definition) is 1. The zero-order valence-electron chi connectivity index (χ0n) is 16.7. The molecule has 0 saturated carbocycles. The second-order valence-electron chi connectivity index (χ2n) is 7.52. The molecule has 156 valence electrons. The normalized spacial score (nSPS) is 18.3. The van der Waals surface area contributed by atoms with E-state index in [9.17, 15) is 14.4 Å². The lowest BCUT2D eigenvalue weighted by atomic mass is 10.0. The van der Waals surface area contributed by atoms with Crippen LogP contribution < -0.4 is 5.32 Å². The van der Waals surface area contributed by atoms with E-state index in [4.69, 9.17) is 0 Å². The van der Waals surface area contributed by atoms with Gasteiger partial charge in [0.2, 0.25) is 11.8 Å². The van der Waals surface area contributed by atoms with E-state index >= 15 is 0 Å². The Morgan fingerprint density at radius 3 is 2.81 bits per heavy atom. The van der Waals surface area contributed by atoms with Crippen LogP contribution in [0.2, 0.25) is 0 Å². The van der Waals surface area contributed by atoms with Gasteiger partial charge in [0.25, 0.3) is 5.91 Å². The summed E-state index contributed by atoms with van der Waals surface area (Å²) in [6.45, 7) is 0.352. The zero-order valence-corrected chi connectivity index (χ0v) is 17.6. The van der Waals surface area contributed by atoms with Crippen LogP contribution in [0.5, 0.6) is 0 Å². The molecule has 3 amide bonds. The van der Waals surface area contributed by atoms with Crippen LogP contribution in [0.1, 0.15) is 28.8 Å². The summed E-state index contributed by atoms with van der Waals surface area (Å²) in [6, 6.07) is 13.0. The third-order valence-electron chi connectivity index (χ3n) is 5.64. The van der Waals surface area contributed by atoms with Crippen molar-refractivity contribution in [3.05, 3.63) is 59.8 Å². The third-order valence-corrected chi connectivity index (χ3v) is 6.36. The number of carbonyl (C=O) groups excluding carboxylic acids is 3. The molecule has 0 radical (unpaired) electrons. The van der Waals surface area contributed by atoms with Crippen molar-refractivity contribution < 1.29 is 14.4 Å². The van der Waals surface area contributed by atoms with Crippen LogP contribution in [0.25, 0.3) is 16.9 Å². The molecule has 3 aromatic rings. The number of benzene rings is 2. The van der Waals surface area contributed by atoms with Gasteiger partial charge in [-0.15, -0.1) is 16.9 Å². The predicted octanol–water partition coefficient (Wildman–Crippen LogP) is 2.42. The lowest BCUT2D eigenvalue weighted by molar-refractivity contribution is -0.136. The van der Waals surface area contributed by atoms with Crippen molar-refractivity contribution in [3.8, 4) is 16.9 Å². The highest BCUT2D eigenvalue weighted by molar-refractivity contribution is 7.98. The van der Waals surface area contributed by atoms with E-state index in [0.29, 0.717) is 18.5 Å². The van der Waals surface area contributed by atoms with Gasteiger partial charge < -0.3 is 4.90 Å². The van der Waals surface area contributed by atoms with E-state index in [2.05, 4.69) is 21.7 Å². The molecule has 1 saturated heterocycles. The minimum Gasteiger partial charge on any atom is -0.322 e. The highest BCUT2D eigenvalue weighted by atomic mass is 32.2. The van der Waals surface area contributed by atoms with Crippen LogP contribution in [-0.2, 0) is 16.1 Å². The van der Waals surface area contributed by atoms with Crippen LogP contribution in [0.3, 0.4) is 0 Å². The number of aromatic nitrogens is 3. The Morgan fingerprint density at radius 1 is 1.13 bits per heavy atom. The van der Waals surface area contributed by atoms with Crippen molar-refractivity contribution >= 4 is 29.5 Å². The number of piperidine rings is 1. The Morgan fingerprint density at radius 2 is 2.00 bits per heavy atom. The number of nitrogens with one attached hydrogen (secondary N) is 1. The fourth-order valence-electron chi connectivity index (χ4n) is 3.99. The Balaban J connectivity index is 1.41. The summed E-state index contributed by atoms with van der Waals surface area (Å²) in [4.78, 5) is 39.3. The summed E-state index contributed by atoms with van der Waals surface area (Å²) in [5.74, 6) is -0.914. The summed E-state index contributed by atoms with van der Waals surface area (Å²) in [7, 11) is 0. The summed E-state index contributed by atoms with van der Waals surface area (Å²) >= 11 is 1.66. The van der Waals surface area contributed by atoms with E-state index in [1.54, 1.807) is 22.5 Å². The second-order valence-corrected chi connectivity index (χ2v) is 8.40. The topological polar surface area (TPSA) is 97.2 Å². The quantitative estimate of drug-likeness (QED) is 0.501. The number of carbonyl (C=O) groups is 3. The number of nitrogens with zero attached hydrogens (tertiary/aromatic N) is 4. The van der Waals surface area contributed by atoms with Crippen LogP contribution >= 0.6 is 11.8 Å². The number of hydrogen-bond acceptors (Lipinski definition) is 6. The largest absolute Gasteiger partial charge is 0.322 e. The Hall–Kier alpha value is -3.46. The molecular formula is C22H19N5O3S. The van der Waals surface area contributed by atoms with Crippen molar-refractivity contribution in [1.29, 1.82) is 0 Å². The molecule has 0 aliphatic carbocycles. The lowest BCUT2D eigenvalue weighted by Crippen LogP contribution is -2.52. The number of thioether (sulfide) groups is 1. The molecule has 8 nitrogen and oxygen atoms in total. The van der Waals surface area contributed by atoms with Crippen LogP contribution in [0.15, 0.2) is 53.6 Å². The summed E-state index contributed by atoms with van der Waals surface area (Å²) in [5, 5.41) is 10.8. The molecule has 2 aliphatic heterocycles. The number of fused-ring (bicyclic) bond motifs is 1. The lowest BCUT2D eigenvalue weighted by Gasteiger charge is -2.29. The van der Waals surface area contributed by atoms with Gasteiger partial charge in [-0.05, 0) is 42.5 Å². The summed E-state index contributed by atoms with van der Waals surface area (Å²) < 4.78 is 1.64. The van der Waals surface area contributed by atoms with Gasteiger partial charge in [0, 0.05) is 29.0 Å². The first-order valence-electron chi connectivity index (χ1n) is 9.88. The van der Waals surface area contributed by atoms with Crippen molar-refractivity contribution in [2.45, 2.75) is 30.3 Å². The van der Waals surface area contributed by atoms with E-state index < -0.39 is 11.9 Å². The number of rotatable bonds is 4. The van der Waals surface area contributed by atoms with Gasteiger partial charge in [-0.1, -0.05) is 23.4 Å².